The van der Waals surface area contributed by atoms with Crippen molar-refractivity contribution in [2.75, 3.05) is 27.9 Å². The zero-order valence-corrected chi connectivity index (χ0v) is 23.4. The van der Waals surface area contributed by atoms with Gasteiger partial charge in [0, 0.05) is 26.9 Å². The van der Waals surface area contributed by atoms with Crippen LogP contribution in [0.3, 0.4) is 0 Å². The van der Waals surface area contributed by atoms with Gasteiger partial charge < -0.3 is 28.4 Å². The third kappa shape index (κ3) is 6.77. The van der Waals surface area contributed by atoms with Crippen LogP contribution in [0.4, 0.5) is 13.2 Å². The Morgan fingerprint density at radius 2 is 1.71 bits per heavy atom. The number of hydrogen-bond acceptors (Lipinski definition) is 7. The maximum Gasteiger partial charge on any atom is 0.432 e. The first-order chi connectivity index (χ1) is 17.8. The number of methoxy groups -OCH3 is 3. The highest BCUT2D eigenvalue weighted by Gasteiger charge is 2.65. The average molecular weight is 547 g/mol. The van der Waals surface area contributed by atoms with Crippen LogP contribution in [0.25, 0.3) is 0 Å². The van der Waals surface area contributed by atoms with E-state index in [0.29, 0.717) is 6.42 Å². The van der Waals surface area contributed by atoms with E-state index in [9.17, 15) is 18.0 Å². The molecule has 1 aliphatic heterocycles. The van der Waals surface area contributed by atoms with E-state index in [0.717, 1.165) is 38.4 Å². The third-order valence-electron chi connectivity index (χ3n) is 7.16. The molecule has 1 heterocycles. The Morgan fingerprint density at radius 1 is 1.08 bits per heavy atom. The smallest absolute Gasteiger partial charge is 0.432 e. The molecule has 0 aliphatic carbocycles. The van der Waals surface area contributed by atoms with Gasteiger partial charge in [-0.25, -0.2) is 4.79 Å². The van der Waals surface area contributed by atoms with Gasteiger partial charge in [0.2, 0.25) is 11.6 Å². The molecule has 5 atom stereocenters. The quantitative estimate of drug-likeness (QED) is 0.169. The number of rotatable bonds is 13. The van der Waals surface area contributed by atoms with Crippen molar-refractivity contribution in [3.05, 3.63) is 47.5 Å². The highest BCUT2D eigenvalue weighted by atomic mass is 19.4. The van der Waals surface area contributed by atoms with Crippen LogP contribution in [0.5, 0.6) is 0 Å². The predicted octanol–water partition coefficient (Wildman–Crippen LogP) is 6.06. The third-order valence-corrected chi connectivity index (χ3v) is 7.16. The number of unbranched alkanes of at least 4 members (excludes halogenated alkanes) is 3. The average Bonchev–Trinajstić information content (AvgIpc) is 2.88. The molecule has 0 saturated carbocycles. The number of halogens is 3. The summed E-state index contributed by atoms with van der Waals surface area (Å²) in [6, 6.07) is 6.69. The second-order valence-corrected chi connectivity index (χ2v) is 9.71. The van der Waals surface area contributed by atoms with Crippen molar-refractivity contribution in [2.45, 2.75) is 95.4 Å². The van der Waals surface area contributed by atoms with Crippen LogP contribution < -0.4 is 0 Å². The number of alkyl halides is 3. The maximum atomic E-state index is 14.5. The SMILES string of the molecule is CCCCCC/C(C)=C/[C@@H](OC(=O)C(OC)(c1ccccc1)C(F)(F)F)[C@@H]1CO[C@@](C)(OC)[C@](C)(OC)O1. The number of hydrogen-bond donors (Lipinski definition) is 0. The number of carbonyl (C=O) groups is 1. The van der Waals surface area contributed by atoms with Gasteiger partial charge >= 0.3 is 12.1 Å². The standard InChI is InChI=1S/C28H41F3O7/c1-8-9-10-12-15-20(2)18-22(23-19-36-25(3,33-5)26(4,34-6)38-23)37-24(32)27(35-7,28(29,30)31)21-16-13-11-14-17-21/h11,13-14,16-18,22-23H,8-10,12,15,19H2,1-7H3/b20-18+/t22-,23+,25-,26-,27?/m1/s1. The number of benzene rings is 1. The Labute approximate surface area is 223 Å². The van der Waals surface area contributed by atoms with Gasteiger partial charge in [0.05, 0.1) is 6.61 Å². The lowest BCUT2D eigenvalue weighted by Crippen LogP contribution is -2.64. The molecular formula is C28H41F3O7. The maximum absolute atomic E-state index is 14.5. The molecule has 1 unspecified atom stereocenters. The lowest BCUT2D eigenvalue weighted by atomic mass is 9.92. The van der Waals surface area contributed by atoms with Gasteiger partial charge in [-0.3, -0.25) is 0 Å². The van der Waals surface area contributed by atoms with E-state index in [1.54, 1.807) is 26.0 Å². The van der Waals surface area contributed by atoms with Gasteiger partial charge in [0.1, 0.15) is 12.2 Å². The fraction of sp³-hybridized carbons (Fsp3) is 0.679. The van der Waals surface area contributed by atoms with Crippen LogP contribution >= 0.6 is 0 Å². The van der Waals surface area contributed by atoms with Gasteiger partial charge in [-0.15, -0.1) is 0 Å². The normalized spacial score (nSPS) is 27.0. The van der Waals surface area contributed by atoms with E-state index in [1.165, 1.54) is 38.5 Å². The first-order valence-corrected chi connectivity index (χ1v) is 12.8. The number of allylic oxidation sites excluding steroid dienone is 1. The molecule has 0 bridgehead atoms. The Morgan fingerprint density at radius 3 is 2.24 bits per heavy atom. The van der Waals surface area contributed by atoms with E-state index in [2.05, 4.69) is 6.92 Å². The summed E-state index contributed by atoms with van der Waals surface area (Å²) in [5, 5.41) is 0. The summed E-state index contributed by atoms with van der Waals surface area (Å²) in [6.45, 7) is 7.03. The van der Waals surface area contributed by atoms with Crippen molar-refractivity contribution in [3.8, 4) is 0 Å². The van der Waals surface area contributed by atoms with Crippen molar-refractivity contribution in [3.63, 3.8) is 0 Å². The summed E-state index contributed by atoms with van der Waals surface area (Å²) < 4.78 is 77.1. The molecule has 1 saturated heterocycles. The summed E-state index contributed by atoms with van der Waals surface area (Å²) in [6.07, 6.45) is -0.975. The molecule has 0 radical (unpaired) electrons. The summed E-state index contributed by atoms with van der Waals surface area (Å²) >= 11 is 0. The van der Waals surface area contributed by atoms with E-state index in [1.807, 2.05) is 6.92 Å². The fourth-order valence-corrected chi connectivity index (χ4v) is 4.45. The Balaban J connectivity index is 2.47. The molecular weight excluding hydrogens is 505 g/mol. The molecule has 7 nitrogen and oxygen atoms in total. The van der Waals surface area contributed by atoms with Crippen LogP contribution in [0, 0.1) is 0 Å². The molecule has 10 heteroatoms. The molecule has 0 N–H and O–H groups in total. The van der Waals surface area contributed by atoms with Gasteiger partial charge in [-0.1, -0.05) is 62.1 Å². The van der Waals surface area contributed by atoms with Crippen LogP contribution in [0.1, 0.15) is 65.4 Å². The molecule has 1 fully saturated rings. The monoisotopic (exact) mass is 546 g/mol. The minimum absolute atomic E-state index is 0.127. The summed E-state index contributed by atoms with van der Waals surface area (Å²) in [7, 11) is 3.65. The van der Waals surface area contributed by atoms with Crippen molar-refractivity contribution in [2.24, 2.45) is 0 Å². The van der Waals surface area contributed by atoms with Crippen molar-refractivity contribution >= 4 is 5.97 Å². The molecule has 1 aromatic rings. The predicted molar refractivity (Wildman–Crippen MR) is 135 cm³/mol. The minimum atomic E-state index is -5.11. The zero-order chi connectivity index (χ0) is 28.6. The zero-order valence-electron chi connectivity index (χ0n) is 23.4. The first kappa shape index (κ1) is 32.2. The largest absolute Gasteiger partial charge is 0.453 e. The van der Waals surface area contributed by atoms with E-state index in [-0.39, 0.29) is 6.61 Å². The lowest BCUT2D eigenvalue weighted by molar-refractivity contribution is -0.435. The highest BCUT2D eigenvalue weighted by Crippen LogP contribution is 2.44. The molecule has 2 rings (SSSR count). The van der Waals surface area contributed by atoms with Gasteiger partial charge in [0.15, 0.2) is 0 Å². The highest BCUT2D eigenvalue weighted by molar-refractivity contribution is 5.83. The molecule has 0 spiro atoms. The molecule has 1 aromatic carbocycles. The number of ether oxygens (including phenoxy) is 6. The second-order valence-electron chi connectivity index (χ2n) is 9.71. The van der Waals surface area contributed by atoms with Crippen LogP contribution in [0.15, 0.2) is 42.0 Å². The van der Waals surface area contributed by atoms with Crippen LogP contribution in [0.2, 0.25) is 0 Å². The number of esters is 1. The molecule has 38 heavy (non-hydrogen) atoms. The van der Waals surface area contributed by atoms with Crippen LogP contribution in [-0.4, -0.2) is 63.9 Å². The fourth-order valence-electron chi connectivity index (χ4n) is 4.45. The van der Waals surface area contributed by atoms with E-state index < -0.39 is 47.1 Å². The first-order valence-electron chi connectivity index (χ1n) is 12.8. The van der Waals surface area contributed by atoms with Crippen molar-refractivity contribution in [1.29, 1.82) is 0 Å². The molecule has 1 aliphatic rings. The van der Waals surface area contributed by atoms with Crippen molar-refractivity contribution < 1.29 is 46.4 Å². The van der Waals surface area contributed by atoms with Crippen molar-refractivity contribution in [1.82, 2.24) is 0 Å². The van der Waals surface area contributed by atoms with Gasteiger partial charge in [-0.05, 0) is 39.7 Å². The summed E-state index contributed by atoms with van der Waals surface area (Å²) in [5.74, 6) is -4.36. The van der Waals surface area contributed by atoms with Gasteiger partial charge in [-0.2, -0.15) is 13.2 Å². The van der Waals surface area contributed by atoms with Crippen LogP contribution in [-0.2, 0) is 38.8 Å². The molecule has 0 aromatic heterocycles. The number of carbonyl (C=O) groups excluding carboxylic acids is 1. The Hall–Kier alpha value is -1.98. The summed E-state index contributed by atoms with van der Waals surface area (Å²) in [5.41, 5.74) is -2.89. The molecule has 216 valence electrons. The lowest BCUT2D eigenvalue weighted by Gasteiger charge is -2.50. The summed E-state index contributed by atoms with van der Waals surface area (Å²) in [4.78, 5) is 13.4. The second kappa shape index (κ2) is 13.4. The van der Waals surface area contributed by atoms with Gasteiger partial charge in [0.25, 0.3) is 5.60 Å². The van der Waals surface area contributed by atoms with E-state index in [4.69, 9.17) is 28.4 Å². The Kier molecular flexibility index (Phi) is 11.4. The topological polar surface area (TPSA) is 72.5 Å². The van der Waals surface area contributed by atoms with E-state index >= 15 is 0 Å². The molecule has 0 amide bonds. The minimum Gasteiger partial charge on any atom is -0.453 e. The Bertz CT molecular complexity index is 923.